The van der Waals surface area contributed by atoms with Crippen LogP contribution in [0.5, 0.6) is 5.75 Å². The van der Waals surface area contributed by atoms with Crippen molar-refractivity contribution in [1.82, 2.24) is 4.57 Å². The maximum absolute atomic E-state index is 13.2. The van der Waals surface area contributed by atoms with Crippen LogP contribution in [-0.4, -0.2) is 30.0 Å². The Kier molecular flexibility index (Phi) is 5.85. The molecule has 0 bridgehead atoms. The van der Waals surface area contributed by atoms with Gasteiger partial charge in [0.15, 0.2) is 12.4 Å². The molecular formula is C26H21NO5. The summed E-state index contributed by atoms with van der Waals surface area (Å²) in [6.07, 6.45) is 0. The molecule has 0 saturated carbocycles. The van der Waals surface area contributed by atoms with Crippen molar-refractivity contribution < 1.29 is 19.1 Å². The van der Waals surface area contributed by atoms with Crippen molar-refractivity contribution >= 4 is 22.5 Å². The summed E-state index contributed by atoms with van der Waals surface area (Å²) in [6, 6.07) is 23.1. The largest absolute Gasteiger partial charge is 0.497 e. The first kappa shape index (κ1) is 21.1. The Morgan fingerprint density at radius 1 is 0.875 bits per heavy atom. The van der Waals surface area contributed by atoms with Crippen LogP contribution in [0, 0.1) is 0 Å². The number of rotatable bonds is 6. The van der Waals surface area contributed by atoms with Crippen LogP contribution >= 0.6 is 0 Å². The number of carbonyl (C=O) groups excluding carboxylic acids is 2. The molecule has 0 fully saturated rings. The van der Waals surface area contributed by atoms with Gasteiger partial charge in [0.1, 0.15) is 11.4 Å². The van der Waals surface area contributed by atoms with Gasteiger partial charge in [-0.1, -0.05) is 60.7 Å². The standard InChI is InChI=1S/C26H21NO5/c1-27-24(26(30)32-16-22(28)18-11-8-12-19(15-18)31-2)23(17-9-4-3-5-10-17)20-13-6-7-14-21(20)25(27)29/h3-15H,16H2,1-2H3. The number of nitrogens with zero attached hydrogens (tertiary/aromatic N) is 1. The van der Waals surface area contributed by atoms with Gasteiger partial charge in [0.25, 0.3) is 5.56 Å². The van der Waals surface area contributed by atoms with E-state index in [-0.39, 0.29) is 17.0 Å². The van der Waals surface area contributed by atoms with Crippen molar-refractivity contribution in [3.8, 4) is 16.9 Å². The number of benzene rings is 3. The second kappa shape index (κ2) is 8.89. The van der Waals surface area contributed by atoms with Crippen LogP contribution in [-0.2, 0) is 11.8 Å². The molecule has 4 aromatic rings. The number of fused-ring (bicyclic) bond motifs is 1. The Labute approximate surface area is 184 Å². The highest BCUT2D eigenvalue weighted by Gasteiger charge is 2.23. The molecule has 32 heavy (non-hydrogen) atoms. The topological polar surface area (TPSA) is 74.6 Å². The van der Waals surface area contributed by atoms with Gasteiger partial charge < -0.3 is 14.0 Å². The number of ketones is 1. The normalized spacial score (nSPS) is 10.7. The number of esters is 1. The summed E-state index contributed by atoms with van der Waals surface area (Å²) in [7, 11) is 3.04. The van der Waals surface area contributed by atoms with Crippen molar-refractivity contribution in [2.45, 2.75) is 0 Å². The molecule has 1 aromatic heterocycles. The first-order chi connectivity index (χ1) is 15.5. The number of aromatic nitrogens is 1. The molecule has 0 amide bonds. The summed E-state index contributed by atoms with van der Waals surface area (Å²) in [5, 5.41) is 1.14. The summed E-state index contributed by atoms with van der Waals surface area (Å²) >= 11 is 0. The fourth-order valence-corrected chi connectivity index (χ4v) is 3.68. The lowest BCUT2D eigenvalue weighted by molar-refractivity contribution is 0.0465. The fourth-order valence-electron chi connectivity index (χ4n) is 3.68. The number of pyridine rings is 1. The predicted molar refractivity (Wildman–Crippen MR) is 122 cm³/mol. The molecule has 0 spiro atoms. The highest BCUT2D eigenvalue weighted by atomic mass is 16.5. The van der Waals surface area contributed by atoms with Crippen LogP contribution in [0.2, 0.25) is 0 Å². The number of ether oxygens (including phenoxy) is 2. The maximum atomic E-state index is 13.2. The van der Waals surface area contributed by atoms with Crippen molar-refractivity contribution in [1.29, 1.82) is 0 Å². The third-order valence-corrected chi connectivity index (χ3v) is 5.29. The Morgan fingerprint density at radius 2 is 1.56 bits per heavy atom. The van der Waals surface area contributed by atoms with Gasteiger partial charge >= 0.3 is 5.97 Å². The van der Waals surface area contributed by atoms with Gasteiger partial charge in [-0.25, -0.2) is 4.79 Å². The molecule has 0 radical (unpaired) electrons. The highest BCUT2D eigenvalue weighted by Crippen LogP contribution is 2.30. The molecule has 0 saturated heterocycles. The Hall–Kier alpha value is -4.19. The van der Waals surface area contributed by atoms with Crippen LogP contribution < -0.4 is 10.3 Å². The first-order valence-electron chi connectivity index (χ1n) is 10.0. The molecule has 0 unspecified atom stereocenters. The van der Waals surface area contributed by atoms with Crippen molar-refractivity contribution in [3.63, 3.8) is 0 Å². The van der Waals surface area contributed by atoms with Gasteiger partial charge in [-0.15, -0.1) is 0 Å². The monoisotopic (exact) mass is 427 g/mol. The second-order valence-electron chi connectivity index (χ2n) is 7.23. The number of hydrogen-bond donors (Lipinski definition) is 0. The lowest BCUT2D eigenvalue weighted by atomic mass is 9.97. The Bertz CT molecular complexity index is 1370. The Balaban J connectivity index is 1.75. The minimum atomic E-state index is -0.745. The van der Waals surface area contributed by atoms with Crippen LogP contribution in [0.3, 0.4) is 0 Å². The zero-order chi connectivity index (χ0) is 22.7. The number of hydrogen-bond acceptors (Lipinski definition) is 5. The second-order valence-corrected chi connectivity index (χ2v) is 7.23. The fraction of sp³-hybridized carbons (Fsp3) is 0.115. The number of methoxy groups -OCH3 is 1. The molecule has 0 aliphatic carbocycles. The SMILES string of the molecule is COc1cccc(C(=O)COC(=O)c2c(-c3ccccc3)c3ccccc3c(=O)n2C)c1. The van der Waals surface area contributed by atoms with Crippen molar-refractivity contribution in [3.05, 3.63) is 100 Å². The quantitative estimate of drug-likeness (QED) is 0.340. The lowest BCUT2D eigenvalue weighted by Crippen LogP contribution is -2.27. The molecule has 0 N–H and O–H groups in total. The molecule has 1 heterocycles. The van der Waals surface area contributed by atoms with Gasteiger partial charge in [-0.2, -0.15) is 0 Å². The molecular weight excluding hydrogens is 406 g/mol. The van der Waals surface area contributed by atoms with E-state index in [2.05, 4.69) is 0 Å². The van der Waals surface area contributed by atoms with Gasteiger partial charge in [0.2, 0.25) is 0 Å². The summed E-state index contributed by atoms with van der Waals surface area (Å²) in [6.45, 7) is -0.457. The third kappa shape index (κ3) is 3.90. The molecule has 6 nitrogen and oxygen atoms in total. The zero-order valence-electron chi connectivity index (χ0n) is 17.7. The minimum absolute atomic E-state index is 0.0957. The zero-order valence-corrected chi connectivity index (χ0v) is 17.7. The third-order valence-electron chi connectivity index (χ3n) is 5.29. The van der Waals surface area contributed by atoms with E-state index in [1.165, 1.54) is 18.7 Å². The van der Waals surface area contributed by atoms with Crippen LogP contribution in [0.4, 0.5) is 0 Å². The molecule has 6 heteroatoms. The summed E-state index contributed by atoms with van der Waals surface area (Å²) in [4.78, 5) is 38.7. The first-order valence-corrected chi connectivity index (χ1v) is 10.0. The maximum Gasteiger partial charge on any atom is 0.356 e. The Morgan fingerprint density at radius 3 is 2.28 bits per heavy atom. The van der Waals surface area contributed by atoms with E-state index in [0.29, 0.717) is 27.6 Å². The predicted octanol–water partition coefficient (Wildman–Crippen LogP) is 4.25. The van der Waals surface area contributed by atoms with Crippen LogP contribution in [0.25, 0.3) is 21.9 Å². The van der Waals surface area contributed by atoms with Crippen LogP contribution in [0.1, 0.15) is 20.8 Å². The molecule has 0 aliphatic rings. The average Bonchev–Trinajstić information content (AvgIpc) is 2.84. The lowest BCUT2D eigenvalue weighted by Gasteiger charge is -2.16. The smallest absolute Gasteiger partial charge is 0.356 e. The van der Waals surface area contributed by atoms with Gasteiger partial charge in [0.05, 0.1) is 7.11 Å². The highest BCUT2D eigenvalue weighted by molar-refractivity contribution is 6.07. The number of carbonyl (C=O) groups is 2. The van der Waals surface area contributed by atoms with E-state index in [1.54, 1.807) is 42.5 Å². The summed E-state index contributed by atoms with van der Waals surface area (Å²) < 4.78 is 11.8. The van der Waals surface area contributed by atoms with E-state index in [1.807, 2.05) is 36.4 Å². The van der Waals surface area contributed by atoms with Crippen molar-refractivity contribution in [2.75, 3.05) is 13.7 Å². The summed E-state index contributed by atoms with van der Waals surface area (Å²) in [5.41, 5.74) is 1.50. The van der Waals surface area contributed by atoms with E-state index < -0.39 is 12.6 Å². The molecule has 3 aromatic carbocycles. The van der Waals surface area contributed by atoms with Crippen molar-refractivity contribution in [2.24, 2.45) is 7.05 Å². The van der Waals surface area contributed by atoms with Crippen LogP contribution in [0.15, 0.2) is 83.7 Å². The molecule has 0 atom stereocenters. The van der Waals surface area contributed by atoms with Gasteiger partial charge in [-0.05, 0) is 29.1 Å². The molecule has 4 rings (SSSR count). The van der Waals surface area contributed by atoms with E-state index in [4.69, 9.17) is 9.47 Å². The van der Waals surface area contributed by atoms with E-state index in [9.17, 15) is 14.4 Å². The minimum Gasteiger partial charge on any atom is -0.497 e. The molecule has 160 valence electrons. The van der Waals surface area contributed by atoms with Gasteiger partial charge in [-0.3, -0.25) is 9.59 Å². The molecule has 0 aliphatic heterocycles. The summed E-state index contributed by atoms with van der Waals surface area (Å²) in [5.74, 6) is -0.583. The van der Waals surface area contributed by atoms with Gasteiger partial charge in [0, 0.05) is 23.6 Å². The van der Waals surface area contributed by atoms with E-state index >= 15 is 0 Å². The average molecular weight is 427 g/mol. The van der Waals surface area contributed by atoms with E-state index in [0.717, 1.165) is 5.56 Å². The number of Topliss-reactive ketones (excluding diaryl/α,β-unsaturated/α-hetero) is 1.